The number of nitrogens with one attached hydrogen (secondary N) is 2. The smallest absolute Gasteiger partial charge is 0.265 e. The fourth-order valence-corrected chi connectivity index (χ4v) is 6.52. The molecule has 0 atom stereocenters. The Hall–Kier alpha value is -2.36. The predicted octanol–water partition coefficient (Wildman–Crippen LogP) is 6.28. The van der Waals surface area contributed by atoms with Gasteiger partial charge >= 0.3 is 0 Å². The highest BCUT2D eigenvalue weighted by atomic mass is 35.5. The summed E-state index contributed by atoms with van der Waals surface area (Å²) in [5, 5.41) is 4.68. The van der Waals surface area contributed by atoms with E-state index in [1.54, 1.807) is 25.1 Å². The molecule has 10 heteroatoms. The molecule has 2 aromatic heterocycles. The average molecular weight is 521 g/mol. The van der Waals surface area contributed by atoms with Crippen molar-refractivity contribution in [2.75, 3.05) is 23.7 Å². The second-order valence-corrected chi connectivity index (χ2v) is 11.6. The molecule has 0 radical (unpaired) electrons. The van der Waals surface area contributed by atoms with Crippen molar-refractivity contribution in [3.05, 3.63) is 46.9 Å². The summed E-state index contributed by atoms with van der Waals surface area (Å²) in [6.45, 7) is 4.63. The number of hydrogen-bond acceptors (Lipinski definition) is 7. The van der Waals surface area contributed by atoms with Crippen LogP contribution in [-0.4, -0.2) is 32.0 Å². The molecule has 182 valence electrons. The molecule has 1 saturated carbocycles. The molecule has 0 aliphatic heterocycles. The van der Waals surface area contributed by atoms with E-state index in [0.29, 0.717) is 22.3 Å². The normalized spacial score (nSPS) is 14.7. The summed E-state index contributed by atoms with van der Waals surface area (Å²) in [5.41, 5.74) is 2.64. The van der Waals surface area contributed by atoms with E-state index in [-0.39, 0.29) is 10.6 Å². The third-order valence-corrected chi connectivity index (χ3v) is 9.01. The zero-order chi connectivity index (χ0) is 24.3. The highest BCUT2D eigenvalue weighted by Gasteiger charge is 2.23. The summed E-state index contributed by atoms with van der Waals surface area (Å²) in [6.07, 6.45) is 7.86. The fraction of sp³-hybridized carbons (Fsp3) is 0.417. The Balaban J connectivity index is 1.59. The number of methoxy groups -OCH3 is 1. The van der Waals surface area contributed by atoms with Crippen molar-refractivity contribution in [1.82, 2.24) is 9.97 Å². The van der Waals surface area contributed by atoms with Gasteiger partial charge in [0.25, 0.3) is 10.0 Å². The Morgan fingerprint density at radius 3 is 2.65 bits per heavy atom. The molecule has 7 nitrogen and oxygen atoms in total. The molecule has 4 rings (SSSR count). The molecule has 1 aliphatic rings. The Labute approximate surface area is 210 Å². The first-order valence-corrected chi connectivity index (χ1v) is 14.0. The number of rotatable bonds is 8. The zero-order valence-electron chi connectivity index (χ0n) is 19.5. The average Bonchev–Trinajstić information content (AvgIpc) is 3.20. The van der Waals surface area contributed by atoms with Crippen molar-refractivity contribution in [2.45, 2.75) is 50.8 Å². The number of anilines is 2. The Morgan fingerprint density at radius 1 is 1.18 bits per heavy atom. The van der Waals surface area contributed by atoms with Gasteiger partial charge in [0, 0.05) is 6.54 Å². The molecule has 0 saturated heterocycles. The largest absolute Gasteiger partial charge is 0.495 e. The van der Waals surface area contributed by atoms with E-state index in [4.69, 9.17) is 16.3 Å². The van der Waals surface area contributed by atoms with Gasteiger partial charge < -0.3 is 10.1 Å². The minimum Gasteiger partial charge on any atom is -0.495 e. The first-order valence-electron chi connectivity index (χ1n) is 11.3. The summed E-state index contributed by atoms with van der Waals surface area (Å²) in [7, 11) is -2.48. The first kappa shape index (κ1) is 24.8. The number of aromatic nitrogens is 2. The van der Waals surface area contributed by atoms with E-state index in [2.05, 4.69) is 20.0 Å². The van der Waals surface area contributed by atoms with Crippen LogP contribution in [0.2, 0.25) is 5.15 Å². The third kappa shape index (κ3) is 5.64. The zero-order valence-corrected chi connectivity index (χ0v) is 21.9. The van der Waals surface area contributed by atoms with Crippen LogP contribution in [0, 0.1) is 19.8 Å². The van der Waals surface area contributed by atoms with Gasteiger partial charge in [-0.05, 0) is 68.0 Å². The van der Waals surface area contributed by atoms with Crippen LogP contribution in [0.5, 0.6) is 5.75 Å². The lowest BCUT2D eigenvalue weighted by Gasteiger charge is -2.21. The molecule has 1 aromatic carbocycles. The van der Waals surface area contributed by atoms with Crippen LogP contribution < -0.4 is 14.8 Å². The molecule has 2 N–H and O–H groups in total. The lowest BCUT2D eigenvalue weighted by Crippen LogP contribution is -2.16. The third-order valence-electron chi connectivity index (χ3n) is 6.05. The number of hydrogen-bond donors (Lipinski definition) is 2. The maximum absolute atomic E-state index is 13.3. The summed E-state index contributed by atoms with van der Waals surface area (Å²) in [6, 6.07) is 6.80. The topological polar surface area (TPSA) is 93.2 Å². The van der Waals surface area contributed by atoms with E-state index in [1.807, 2.05) is 13.0 Å². The molecule has 1 fully saturated rings. The van der Waals surface area contributed by atoms with Crippen LogP contribution in [-0.2, 0) is 10.0 Å². The quantitative estimate of drug-likeness (QED) is 0.340. The fourth-order valence-electron chi connectivity index (χ4n) is 4.21. The van der Waals surface area contributed by atoms with E-state index in [9.17, 15) is 8.42 Å². The van der Waals surface area contributed by atoms with Crippen molar-refractivity contribution in [3.8, 4) is 16.2 Å². The Kier molecular flexibility index (Phi) is 7.64. The van der Waals surface area contributed by atoms with Gasteiger partial charge in [-0.15, -0.1) is 0 Å². The highest BCUT2D eigenvalue weighted by molar-refractivity contribution is 7.92. The molecule has 1 aliphatic carbocycles. The van der Waals surface area contributed by atoms with Gasteiger partial charge in [0.15, 0.2) is 5.13 Å². The second kappa shape index (κ2) is 10.5. The van der Waals surface area contributed by atoms with Crippen molar-refractivity contribution < 1.29 is 13.2 Å². The lowest BCUT2D eigenvalue weighted by atomic mass is 9.89. The van der Waals surface area contributed by atoms with Crippen LogP contribution in [0.25, 0.3) is 10.4 Å². The highest BCUT2D eigenvalue weighted by Crippen LogP contribution is 2.37. The monoisotopic (exact) mass is 520 g/mol. The molecular formula is C24H29ClN4O3S2. The van der Waals surface area contributed by atoms with Gasteiger partial charge in [-0.2, -0.15) is 0 Å². The van der Waals surface area contributed by atoms with Crippen molar-refractivity contribution >= 4 is 43.8 Å². The SMILES string of the molecule is COc1ccc(-c2sc(NCC3CCCCC3)nc2C)cc1S(=O)(=O)Nc1cnc(Cl)c(C)c1. The van der Waals surface area contributed by atoms with Gasteiger partial charge in [0.2, 0.25) is 0 Å². The van der Waals surface area contributed by atoms with Crippen molar-refractivity contribution in [3.63, 3.8) is 0 Å². The maximum Gasteiger partial charge on any atom is 0.265 e. The van der Waals surface area contributed by atoms with Crippen LogP contribution in [0.4, 0.5) is 10.8 Å². The van der Waals surface area contributed by atoms with Crippen LogP contribution in [0.3, 0.4) is 0 Å². The van der Waals surface area contributed by atoms with Gasteiger partial charge in [-0.25, -0.2) is 18.4 Å². The van der Waals surface area contributed by atoms with Crippen molar-refractivity contribution in [1.29, 1.82) is 0 Å². The molecule has 2 heterocycles. The van der Waals surface area contributed by atoms with E-state index < -0.39 is 10.0 Å². The maximum atomic E-state index is 13.3. The number of pyridine rings is 1. The van der Waals surface area contributed by atoms with Gasteiger partial charge in [-0.3, -0.25) is 4.72 Å². The number of nitrogens with zero attached hydrogens (tertiary/aromatic N) is 2. The lowest BCUT2D eigenvalue weighted by molar-refractivity contribution is 0.373. The molecule has 34 heavy (non-hydrogen) atoms. The molecule has 3 aromatic rings. The summed E-state index contributed by atoms with van der Waals surface area (Å²) >= 11 is 7.51. The number of benzene rings is 1. The number of ether oxygens (including phenoxy) is 1. The second-order valence-electron chi connectivity index (χ2n) is 8.62. The molecule has 0 amide bonds. The predicted molar refractivity (Wildman–Crippen MR) is 139 cm³/mol. The van der Waals surface area contributed by atoms with E-state index in [1.165, 1.54) is 56.7 Å². The Morgan fingerprint density at radius 2 is 1.94 bits per heavy atom. The van der Waals surface area contributed by atoms with Crippen LogP contribution in [0.15, 0.2) is 35.4 Å². The van der Waals surface area contributed by atoms with Crippen molar-refractivity contribution in [2.24, 2.45) is 5.92 Å². The minimum atomic E-state index is -3.94. The molecule has 0 unspecified atom stereocenters. The standard InChI is InChI=1S/C24H29ClN4O3S2/c1-15-11-19(14-26-23(15)25)29-34(30,31)21-12-18(9-10-20(21)32-3)22-16(2)28-24(33-22)27-13-17-7-5-4-6-8-17/h9-12,14,17,29H,4-8,13H2,1-3H3,(H,27,28). The van der Waals surface area contributed by atoms with E-state index in [0.717, 1.165) is 27.8 Å². The minimum absolute atomic E-state index is 0.0459. The Bertz CT molecular complexity index is 1270. The molecule has 0 spiro atoms. The van der Waals surface area contributed by atoms with Crippen LogP contribution >= 0.6 is 22.9 Å². The van der Waals surface area contributed by atoms with Gasteiger partial charge in [0.05, 0.1) is 29.6 Å². The number of thiazole rings is 1. The number of halogens is 1. The first-order chi connectivity index (χ1) is 16.3. The molecular weight excluding hydrogens is 492 g/mol. The van der Waals surface area contributed by atoms with Crippen LogP contribution in [0.1, 0.15) is 43.4 Å². The number of sulfonamides is 1. The summed E-state index contributed by atoms with van der Waals surface area (Å²) in [5.74, 6) is 0.948. The van der Waals surface area contributed by atoms with Gasteiger partial charge in [-0.1, -0.05) is 42.2 Å². The number of aryl methyl sites for hydroxylation is 2. The molecule has 0 bridgehead atoms. The van der Waals surface area contributed by atoms with Gasteiger partial charge in [0.1, 0.15) is 15.8 Å². The van der Waals surface area contributed by atoms with E-state index >= 15 is 0 Å². The summed E-state index contributed by atoms with van der Waals surface area (Å²) in [4.78, 5) is 9.68. The summed E-state index contributed by atoms with van der Waals surface area (Å²) < 4.78 is 34.4.